The van der Waals surface area contributed by atoms with E-state index in [1.54, 1.807) is 30.6 Å². The van der Waals surface area contributed by atoms with Gasteiger partial charge in [-0.25, -0.2) is 4.79 Å². The number of carbonyl (C=O) groups excluding carboxylic acids is 1. The Labute approximate surface area is 98.4 Å². The van der Waals surface area contributed by atoms with Gasteiger partial charge in [-0.2, -0.15) is 5.10 Å². The summed E-state index contributed by atoms with van der Waals surface area (Å²) in [6.45, 7) is 0.379. The second kappa shape index (κ2) is 5.16. The van der Waals surface area contributed by atoms with E-state index in [1.165, 1.54) is 7.11 Å². The molecule has 1 N–H and O–H groups in total. The minimum atomic E-state index is -0.352. The summed E-state index contributed by atoms with van der Waals surface area (Å²) in [6, 6.07) is 7.12. The van der Waals surface area contributed by atoms with Crippen molar-refractivity contribution in [3.8, 4) is 5.75 Å². The summed E-state index contributed by atoms with van der Waals surface area (Å²) in [5.74, 6) is 0.309. The van der Waals surface area contributed by atoms with Crippen LogP contribution in [0.4, 0.5) is 0 Å². The van der Waals surface area contributed by atoms with Crippen molar-refractivity contribution < 1.29 is 14.3 Å². The van der Waals surface area contributed by atoms with Crippen LogP contribution in [0.25, 0.3) is 0 Å². The summed E-state index contributed by atoms with van der Waals surface area (Å²) in [7, 11) is 1.36. The van der Waals surface area contributed by atoms with Gasteiger partial charge >= 0.3 is 5.97 Å². The van der Waals surface area contributed by atoms with E-state index in [2.05, 4.69) is 14.9 Å². The molecule has 0 saturated carbocycles. The van der Waals surface area contributed by atoms with Gasteiger partial charge in [-0.1, -0.05) is 12.1 Å². The van der Waals surface area contributed by atoms with Crippen molar-refractivity contribution in [3.63, 3.8) is 0 Å². The summed E-state index contributed by atoms with van der Waals surface area (Å²) in [5.41, 5.74) is 1.41. The Morgan fingerprint density at radius 3 is 3.06 bits per heavy atom. The van der Waals surface area contributed by atoms with Gasteiger partial charge in [0, 0.05) is 0 Å². The zero-order valence-corrected chi connectivity index (χ0v) is 9.34. The molecule has 1 heterocycles. The highest BCUT2D eigenvalue weighted by molar-refractivity contribution is 5.89. The first-order valence-corrected chi connectivity index (χ1v) is 5.08. The monoisotopic (exact) mass is 232 g/mol. The molecule has 5 nitrogen and oxygen atoms in total. The lowest BCUT2D eigenvalue weighted by Crippen LogP contribution is -2.02. The van der Waals surface area contributed by atoms with E-state index in [-0.39, 0.29) is 5.97 Å². The lowest BCUT2D eigenvalue weighted by Gasteiger charge is -2.05. The summed E-state index contributed by atoms with van der Waals surface area (Å²) in [5, 5.41) is 6.43. The number of rotatable bonds is 4. The number of carbonyl (C=O) groups is 1. The number of aromatic nitrogens is 2. The maximum atomic E-state index is 11.3. The number of H-pyrrole nitrogens is 1. The average Bonchev–Trinajstić information content (AvgIpc) is 2.89. The lowest BCUT2D eigenvalue weighted by molar-refractivity contribution is 0.0600. The Kier molecular flexibility index (Phi) is 3.40. The number of nitrogens with zero attached hydrogens (tertiary/aromatic N) is 1. The number of esters is 1. The molecular weight excluding hydrogens is 220 g/mol. The van der Waals surface area contributed by atoms with Gasteiger partial charge in [-0.3, -0.25) is 5.10 Å². The molecule has 0 saturated heterocycles. The van der Waals surface area contributed by atoms with Crippen LogP contribution < -0.4 is 4.74 Å². The molecule has 0 bridgehead atoms. The number of methoxy groups -OCH3 is 1. The number of hydrogen-bond acceptors (Lipinski definition) is 4. The van der Waals surface area contributed by atoms with Crippen LogP contribution in [-0.2, 0) is 11.3 Å². The van der Waals surface area contributed by atoms with Crippen LogP contribution in [0.15, 0.2) is 36.7 Å². The van der Waals surface area contributed by atoms with Crippen LogP contribution in [0.1, 0.15) is 15.9 Å². The maximum Gasteiger partial charge on any atom is 0.337 e. The number of ether oxygens (including phenoxy) is 2. The van der Waals surface area contributed by atoms with E-state index in [0.717, 1.165) is 5.56 Å². The molecule has 88 valence electrons. The number of aromatic amines is 1. The molecule has 1 aromatic heterocycles. The van der Waals surface area contributed by atoms with Crippen LogP contribution in [-0.4, -0.2) is 23.3 Å². The van der Waals surface area contributed by atoms with Gasteiger partial charge in [0.15, 0.2) is 5.75 Å². The van der Waals surface area contributed by atoms with Gasteiger partial charge in [0.2, 0.25) is 0 Å². The van der Waals surface area contributed by atoms with Crippen LogP contribution >= 0.6 is 0 Å². The number of nitrogens with one attached hydrogen (secondary N) is 1. The summed E-state index contributed by atoms with van der Waals surface area (Å²) in [4.78, 5) is 11.3. The minimum Gasteiger partial charge on any atom is -0.486 e. The van der Waals surface area contributed by atoms with E-state index in [9.17, 15) is 4.79 Å². The summed E-state index contributed by atoms with van der Waals surface area (Å²) in [6.07, 6.45) is 3.24. The molecule has 0 aliphatic heterocycles. The van der Waals surface area contributed by atoms with Crippen molar-refractivity contribution in [2.75, 3.05) is 7.11 Å². The predicted octanol–water partition coefficient (Wildman–Crippen LogP) is 1.78. The third kappa shape index (κ3) is 2.84. The molecular formula is C12H12N2O3. The van der Waals surface area contributed by atoms with E-state index < -0.39 is 0 Å². The van der Waals surface area contributed by atoms with E-state index in [4.69, 9.17) is 4.74 Å². The topological polar surface area (TPSA) is 64.2 Å². The van der Waals surface area contributed by atoms with E-state index in [0.29, 0.717) is 17.9 Å². The molecule has 2 aromatic rings. The molecule has 0 fully saturated rings. The Morgan fingerprint density at radius 2 is 2.35 bits per heavy atom. The second-order valence-corrected chi connectivity index (χ2v) is 3.41. The second-order valence-electron chi connectivity index (χ2n) is 3.41. The van der Waals surface area contributed by atoms with Crippen molar-refractivity contribution in [2.45, 2.75) is 6.61 Å². The highest BCUT2D eigenvalue weighted by Gasteiger charge is 2.05. The fourth-order valence-electron chi connectivity index (χ4n) is 1.39. The van der Waals surface area contributed by atoms with Crippen LogP contribution in [0, 0.1) is 0 Å². The molecule has 0 amide bonds. The molecule has 0 unspecified atom stereocenters. The summed E-state index contributed by atoms with van der Waals surface area (Å²) < 4.78 is 10.1. The van der Waals surface area contributed by atoms with Crippen LogP contribution in [0.3, 0.4) is 0 Å². The highest BCUT2D eigenvalue weighted by Crippen LogP contribution is 2.11. The van der Waals surface area contributed by atoms with E-state index in [1.807, 2.05) is 6.07 Å². The van der Waals surface area contributed by atoms with Gasteiger partial charge in [0.05, 0.1) is 25.1 Å². The molecule has 0 atom stereocenters. The van der Waals surface area contributed by atoms with E-state index >= 15 is 0 Å². The highest BCUT2D eigenvalue weighted by atomic mass is 16.5. The van der Waals surface area contributed by atoms with Gasteiger partial charge < -0.3 is 9.47 Å². The zero-order chi connectivity index (χ0) is 12.1. The molecule has 1 aromatic carbocycles. The predicted molar refractivity (Wildman–Crippen MR) is 60.7 cm³/mol. The summed E-state index contributed by atoms with van der Waals surface area (Å²) >= 11 is 0. The average molecular weight is 232 g/mol. The minimum absolute atomic E-state index is 0.352. The van der Waals surface area contributed by atoms with Gasteiger partial charge in [0.25, 0.3) is 0 Å². The SMILES string of the molecule is COC(=O)c1cccc(COc2cn[nH]c2)c1. The smallest absolute Gasteiger partial charge is 0.337 e. The van der Waals surface area contributed by atoms with Crippen LogP contribution in [0.2, 0.25) is 0 Å². The van der Waals surface area contributed by atoms with Crippen molar-refractivity contribution in [2.24, 2.45) is 0 Å². The Hall–Kier alpha value is -2.30. The first kappa shape index (κ1) is 11.2. The molecule has 2 rings (SSSR count). The number of hydrogen-bond donors (Lipinski definition) is 1. The van der Waals surface area contributed by atoms with Crippen molar-refractivity contribution in [1.29, 1.82) is 0 Å². The standard InChI is InChI=1S/C12H12N2O3/c1-16-12(15)10-4-2-3-9(5-10)8-17-11-6-13-14-7-11/h2-7H,8H2,1H3,(H,13,14). The zero-order valence-electron chi connectivity index (χ0n) is 9.34. The molecule has 0 aliphatic rings. The first-order valence-electron chi connectivity index (χ1n) is 5.08. The fraction of sp³-hybridized carbons (Fsp3) is 0.167. The van der Waals surface area contributed by atoms with Crippen LogP contribution in [0.5, 0.6) is 5.75 Å². The normalized spacial score (nSPS) is 9.94. The van der Waals surface area contributed by atoms with Crippen molar-refractivity contribution in [3.05, 3.63) is 47.8 Å². The Morgan fingerprint density at radius 1 is 1.47 bits per heavy atom. The first-order chi connectivity index (χ1) is 8.29. The van der Waals surface area contributed by atoms with Crippen molar-refractivity contribution in [1.82, 2.24) is 10.2 Å². The van der Waals surface area contributed by atoms with Crippen molar-refractivity contribution >= 4 is 5.97 Å². The quantitative estimate of drug-likeness (QED) is 0.816. The van der Waals surface area contributed by atoms with Gasteiger partial charge in [0.1, 0.15) is 6.61 Å². The third-order valence-electron chi connectivity index (χ3n) is 2.23. The number of benzene rings is 1. The molecule has 0 aliphatic carbocycles. The van der Waals surface area contributed by atoms with Gasteiger partial charge in [-0.15, -0.1) is 0 Å². The van der Waals surface area contributed by atoms with Gasteiger partial charge in [-0.05, 0) is 17.7 Å². The fourth-order valence-corrected chi connectivity index (χ4v) is 1.39. The third-order valence-corrected chi connectivity index (χ3v) is 2.23. The molecule has 0 radical (unpaired) electrons. The largest absolute Gasteiger partial charge is 0.486 e. The lowest BCUT2D eigenvalue weighted by atomic mass is 10.1. The Bertz CT molecular complexity index is 494. The molecule has 17 heavy (non-hydrogen) atoms. The maximum absolute atomic E-state index is 11.3. The molecule has 5 heteroatoms. The molecule has 0 spiro atoms. The Balaban J connectivity index is 2.03.